The summed E-state index contributed by atoms with van der Waals surface area (Å²) >= 11 is 1.23. The molecule has 0 bridgehead atoms. The topological polar surface area (TPSA) is 95.4 Å². The molecule has 9 heteroatoms. The molecule has 2 heterocycles. The van der Waals surface area contributed by atoms with Crippen LogP contribution in [0.4, 0.5) is 0 Å². The number of nitrogens with one attached hydrogen (secondary N) is 2. The number of carbonyl (C=O) groups excluding carboxylic acids is 2. The van der Waals surface area contributed by atoms with Crippen molar-refractivity contribution in [2.75, 3.05) is 26.3 Å². The van der Waals surface area contributed by atoms with Gasteiger partial charge in [-0.3, -0.25) is 15.0 Å². The Morgan fingerprint density at radius 2 is 2.19 bits per heavy atom. The second-order valence-electron chi connectivity index (χ2n) is 4.89. The van der Waals surface area contributed by atoms with Crippen LogP contribution in [0, 0.1) is 0 Å². The molecule has 21 heavy (non-hydrogen) atoms. The fourth-order valence-electron chi connectivity index (χ4n) is 1.80. The quantitative estimate of drug-likeness (QED) is 0.550. The summed E-state index contributed by atoms with van der Waals surface area (Å²) in [4.78, 5) is 23.7. The molecule has 2 rings (SSSR count). The molecular weight excluding hydrogens is 294 g/mol. The molecule has 0 spiro atoms. The number of hydrogen-bond donors (Lipinski definition) is 2. The average molecular weight is 313 g/mol. The number of nitrogens with zero attached hydrogens (tertiary/aromatic N) is 3. The zero-order valence-corrected chi connectivity index (χ0v) is 12.9. The Labute approximate surface area is 127 Å². The Morgan fingerprint density at radius 3 is 2.86 bits per heavy atom. The van der Waals surface area contributed by atoms with Crippen LogP contribution >= 0.6 is 11.8 Å². The van der Waals surface area contributed by atoms with Gasteiger partial charge in [0.2, 0.25) is 11.8 Å². The lowest BCUT2D eigenvalue weighted by atomic mass is 10.3. The van der Waals surface area contributed by atoms with E-state index in [2.05, 4.69) is 20.9 Å². The van der Waals surface area contributed by atoms with E-state index in [1.807, 2.05) is 18.9 Å². The lowest BCUT2D eigenvalue weighted by Gasteiger charge is -2.27. The van der Waals surface area contributed by atoms with E-state index < -0.39 is 5.25 Å². The van der Waals surface area contributed by atoms with Crippen molar-refractivity contribution in [1.82, 2.24) is 15.8 Å². The van der Waals surface area contributed by atoms with Gasteiger partial charge in [-0.05, 0) is 13.8 Å². The Kier molecular flexibility index (Phi) is 5.71. The van der Waals surface area contributed by atoms with Gasteiger partial charge in [0, 0.05) is 25.2 Å². The van der Waals surface area contributed by atoms with E-state index in [-0.39, 0.29) is 18.2 Å². The van der Waals surface area contributed by atoms with Gasteiger partial charge in [-0.25, -0.2) is 5.01 Å². The van der Waals surface area contributed by atoms with Crippen molar-refractivity contribution in [3.8, 4) is 0 Å². The smallest absolute Gasteiger partial charge is 0.240 e. The lowest BCUT2D eigenvalue weighted by Crippen LogP contribution is -2.49. The largest absolute Gasteiger partial charge is 0.379 e. The van der Waals surface area contributed by atoms with Crippen molar-refractivity contribution in [2.24, 2.45) is 10.2 Å². The standard InChI is InChI=1S/C12H19N5O3S/c1-8(2)14-15-12-13-11(19)9(21-12)7-10(18)16-17-3-5-20-6-4-17/h9H,3-7H2,1-2H3,(H,16,18)(H,13,15,19). The number of morpholine rings is 1. The first-order valence-corrected chi connectivity index (χ1v) is 7.61. The zero-order chi connectivity index (χ0) is 15.2. The highest BCUT2D eigenvalue weighted by Crippen LogP contribution is 2.22. The van der Waals surface area contributed by atoms with Gasteiger partial charge >= 0.3 is 0 Å². The van der Waals surface area contributed by atoms with Gasteiger partial charge in [-0.1, -0.05) is 11.8 Å². The number of ether oxygens (including phenoxy) is 1. The summed E-state index contributed by atoms with van der Waals surface area (Å²) in [7, 11) is 0. The van der Waals surface area contributed by atoms with Crippen LogP contribution in [0.25, 0.3) is 0 Å². The lowest BCUT2D eigenvalue weighted by molar-refractivity contribution is -0.130. The minimum Gasteiger partial charge on any atom is -0.379 e. The van der Waals surface area contributed by atoms with E-state index in [1.54, 1.807) is 0 Å². The van der Waals surface area contributed by atoms with Gasteiger partial charge in [0.25, 0.3) is 0 Å². The van der Waals surface area contributed by atoms with Crippen LogP contribution in [0.5, 0.6) is 0 Å². The van der Waals surface area contributed by atoms with Gasteiger partial charge in [0.15, 0.2) is 5.17 Å². The average Bonchev–Trinajstić information content (AvgIpc) is 2.78. The first-order valence-electron chi connectivity index (χ1n) is 6.73. The Balaban J connectivity index is 1.82. The number of amides is 2. The van der Waals surface area contributed by atoms with E-state index in [0.29, 0.717) is 31.5 Å². The molecular formula is C12H19N5O3S. The zero-order valence-electron chi connectivity index (χ0n) is 12.1. The minimum atomic E-state index is -0.461. The molecule has 8 nitrogen and oxygen atoms in total. The number of thioether (sulfide) groups is 1. The first kappa shape index (κ1) is 15.9. The first-order chi connectivity index (χ1) is 10.0. The van der Waals surface area contributed by atoms with Crippen molar-refractivity contribution in [3.05, 3.63) is 0 Å². The van der Waals surface area contributed by atoms with Crippen LogP contribution in [-0.2, 0) is 14.3 Å². The van der Waals surface area contributed by atoms with Crippen LogP contribution in [0.1, 0.15) is 20.3 Å². The molecule has 2 N–H and O–H groups in total. The van der Waals surface area contributed by atoms with E-state index in [0.717, 1.165) is 5.71 Å². The third kappa shape index (κ3) is 5.10. The Bertz CT molecular complexity index is 470. The summed E-state index contributed by atoms with van der Waals surface area (Å²) in [5.41, 5.74) is 3.58. The van der Waals surface area contributed by atoms with E-state index in [9.17, 15) is 9.59 Å². The normalized spacial score (nSPS) is 24.8. The summed E-state index contributed by atoms with van der Waals surface area (Å²) in [5, 5.41) is 12.2. The molecule has 0 aromatic carbocycles. The Morgan fingerprint density at radius 1 is 1.48 bits per heavy atom. The van der Waals surface area contributed by atoms with Gasteiger partial charge in [-0.2, -0.15) is 5.10 Å². The van der Waals surface area contributed by atoms with Crippen LogP contribution in [0.15, 0.2) is 10.2 Å². The van der Waals surface area contributed by atoms with Gasteiger partial charge in [-0.15, -0.1) is 5.10 Å². The van der Waals surface area contributed by atoms with Gasteiger partial charge < -0.3 is 10.1 Å². The number of hydrazine groups is 1. The van der Waals surface area contributed by atoms with Crippen molar-refractivity contribution < 1.29 is 14.3 Å². The van der Waals surface area contributed by atoms with Crippen LogP contribution in [0.2, 0.25) is 0 Å². The molecule has 1 atom stereocenters. The highest BCUT2D eigenvalue weighted by molar-refractivity contribution is 8.15. The van der Waals surface area contributed by atoms with E-state index >= 15 is 0 Å². The molecule has 2 saturated heterocycles. The summed E-state index contributed by atoms with van der Waals surface area (Å²) in [6, 6.07) is 0. The third-order valence-corrected chi connectivity index (χ3v) is 3.85. The summed E-state index contributed by atoms with van der Waals surface area (Å²) < 4.78 is 5.20. The van der Waals surface area contributed by atoms with Gasteiger partial charge in [0.1, 0.15) is 5.25 Å². The van der Waals surface area contributed by atoms with Crippen molar-refractivity contribution >= 4 is 34.5 Å². The summed E-state index contributed by atoms with van der Waals surface area (Å²) in [5.74, 6) is -0.388. The molecule has 0 aromatic heterocycles. The number of hydrogen-bond acceptors (Lipinski definition) is 7. The number of rotatable bonds is 4. The second-order valence-corrected chi connectivity index (χ2v) is 6.08. The van der Waals surface area contributed by atoms with Crippen LogP contribution in [-0.4, -0.2) is 59.3 Å². The molecule has 1 unspecified atom stereocenters. The molecule has 0 aliphatic carbocycles. The predicted octanol–water partition coefficient (Wildman–Crippen LogP) is -0.277. The molecule has 2 fully saturated rings. The monoisotopic (exact) mass is 313 g/mol. The molecule has 116 valence electrons. The molecule has 2 aliphatic rings. The highest BCUT2D eigenvalue weighted by atomic mass is 32.2. The molecule has 2 amide bonds. The summed E-state index contributed by atoms with van der Waals surface area (Å²) in [6.45, 7) is 6.16. The van der Waals surface area contributed by atoms with E-state index in [1.165, 1.54) is 11.8 Å². The second kappa shape index (κ2) is 7.53. The molecule has 2 aliphatic heterocycles. The fourth-order valence-corrected chi connectivity index (χ4v) is 2.72. The maximum atomic E-state index is 11.9. The summed E-state index contributed by atoms with van der Waals surface area (Å²) in [6.07, 6.45) is 0.113. The van der Waals surface area contributed by atoms with Crippen LogP contribution in [0.3, 0.4) is 0 Å². The maximum absolute atomic E-state index is 11.9. The molecule has 0 saturated carbocycles. The number of amidine groups is 1. The fraction of sp³-hybridized carbons (Fsp3) is 0.667. The van der Waals surface area contributed by atoms with Crippen molar-refractivity contribution in [3.63, 3.8) is 0 Å². The highest BCUT2D eigenvalue weighted by Gasteiger charge is 2.32. The number of carbonyl (C=O) groups is 2. The van der Waals surface area contributed by atoms with Gasteiger partial charge in [0.05, 0.1) is 13.2 Å². The van der Waals surface area contributed by atoms with E-state index in [4.69, 9.17) is 4.74 Å². The maximum Gasteiger partial charge on any atom is 0.240 e. The minimum absolute atomic E-state index is 0.113. The SMILES string of the molecule is CC(C)=N/N=C1\NC(=O)C(CC(=O)NN2CCOCC2)S1. The predicted molar refractivity (Wildman–Crippen MR) is 80.9 cm³/mol. The van der Waals surface area contributed by atoms with Crippen molar-refractivity contribution in [1.29, 1.82) is 0 Å². The van der Waals surface area contributed by atoms with Crippen LogP contribution < -0.4 is 10.7 Å². The Hall–Kier alpha value is -1.45. The third-order valence-electron chi connectivity index (χ3n) is 2.78. The van der Waals surface area contributed by atoms with Crippen molar-refractivity contribution in [2.45, 2.75) is 25.5 Å². The molecule has 0 radical (unpaired) electrons. The molecule has 0 aromatic rings.